The summed E-state index contributed by atoms with van der Waals surface area (Å²) in [7, 11) is 1.59. The van der Waals surface area contributed by atoms with Crippen LogP contribution in [-0.4, -0.2) is 34.6 Å². The second kappa shape index (κ2) is 8.41. The minimum atomic E-state index is -0.246. The molecule has 0 bridgehead atoms. The molecule has 2 aromatic carbocycles. The van der Waals surface area contributed by atoms with Crippen LogP contribution in [0.15, 0.2) is 53.3 Å². The monoisotopic (exact) mass is 404 g/mol. The van der Waals surface area contributed by atoms with Crippen molar-refractivity contribution >= 4 is 11.7 Å². The summed E-state index contributed by atoms with van der Waals surface area (Å²) >= 11 is 0. The van der Waals surface area contributed by atoms with E-state index in [1.54, 1.807) is 36.3 Å². The summed E-state index contributed by atoms with van der Waals surface area (Å²) < 4.78 is 5.13. The van der Waals surface area contributed by atoms with Gasteiger partial charge in [-0.25, -0.2) is 9.78 Å². The van der Waals surface area contributed by atoms with Crippen molar-refractivity contribution in [1.29, 1.82) is 0 Å². The molecule has 1 aliphatic rings. The van der Waals surface area contributed by atoms with Gasteiger partial charge in [0.15, 0.2) is 0 Å². The lowest BCUT2D eigenvalue weighted by molar-refractivity contribution is 0.205. The normalized spacial score (nSPS) is 12.9. The molecule has 0 saturated carbocycles. The number of hydrogen-bond donors (Lipinski definition) is 2. The number of rotatable bonds is 4. The minimum absolute atomic E-state index is 0.198. The van der Waals surface area contributed by atoms with Crippen LogP contribution in [0.1, 0.15) is 23.7 Å². The fraction of sp³-hybridized carbons (Fsp3) is 0.261. The lowest BCUT2D eigenvalue weighted by Gasteiger charge is -2.28. The van der Waals surface area contributed by atoms with Crippen LogP contribution in [0.2, 0.25) is 0 Å². The number of methoxy groups -OCH3 is 1. The number of aromatic amines is 1. The Morgan fingerprint density at radius 3 is 2.57 bits per heavy atom. The van der Waals surface area contributed by atoms with Crippen molar-refractivity contribution < 1.29 is 9.53 Å². The molecular weight excluding hydrogens is 380 g/mol. The quantitative estimate of drug-likeness (QED) is 0.696. The molecule has 2 N–H and O–H groups in total. The van der Waals surface area contributed by atoms with Crippen molar-refractivity contribution in [2.75, 3.05) is 19.0 Å². The van der Waals surface area contributed by atoms with Gasteiger partial charge in [0.2, 0.25) is 0 Å². The Labute approximate surface area is 174 Å². The number of aromatic nitrogens is 2. The van der Waals surface area contributed by atoms with Crippen LogP contribution in [0.5, 0.6) is 5.75 Å². The topological polar surface area (TPSA) is 87.3 Å². The predicted octanol–water partition coefficient (Wildman–Crippen LogP) is 3.60. The van der Waals surface area contributed by atoms with Crippen molar-refractivity contribution in [2.24, 2.45) is 0 Å². The van der Waals surface area contributed by atoms with Crippen LogP contribution < -0.4 is 15.6 Å². The van der Waals surface area contributed by atoms with E-state index >= 15 is 0 Å². The highest BCUT2D eigenvalue weighted by molar-refractivity contribution is 5.89. The zero-order valence-corrected chi connectivity index (χ0v) is 17.1. The summed E-state index contributed by atoms with van der Waals surface area (Å²) in [5.74, 6) is 1.29. The third-order valence-corrected chi connectivity index (χ3v) is 5.33. The molecule has 154 valence electrons. The van der Waals surface area contributed by atoms with Gasteiger partial charge in [-0.1, -0.05) is 31.2 Å². The number of amides is 2. The van der Waals surface area contributed by atoms with Gasteiger partial charge in [0.05, 0.1) is 24.9 Å². The fourth-order valence-electron chi connectivity index (χ4n) is 3.51. The molecule has 7 nitrogen and oxygen atoms in total. The zero-order valence-electron chi connectivity index (χ0n) is 17.1. The molecule has 2 amide bonds. The van der Waals surface area contributed by atoms with Gasteiger partial charge < -0.3 is 19.9 Å². The number of fused-ring (bicyclic) bond motifs is 1. The molecule has 3 aromatic rings. The molecule has 0 radical (unpaired) electrons. The van der Waals surface area contributed by atoms with Crippen molar-refractivity contribution in [3.8, 4) is 17.1 Å². The van der Waals surface area contributed by atoms with Crippen LogP contribution in [0.25, 0.3) is 11.4 Å². The molecule has 30 heavy (non-hydrogen) atoms. The summed E-state index contributed by atoms with van der Waals surface area (Å²) in [6.45, 7) is 2.83. The largest absolute Gasteiger partial charge is 0.497 e. The Morgan fingerprint density at radius 1 is 1.17 bits per heavy atom. The van der Waals surface area contributed by atoms with Gasteiger partial charge in [0, 0.05) is 24.2 Å². The number of carbonyl (C=O) groups excluding carboxylic acids is 1. The first-order valence-electron chi connectivity index (χ1n) is 9.98. The molecule has 0 saturated heterocycles. The number of nitrogens with one attached hydrogen (secondary N) is 2. The number of benzene rings is 2. The van der Waals surface area contributed by atoms with Gasteiger partial charge in [0.25, 0.3) is 5.56 Å². The Kier molecular flexibility index (Phi) is 5.52. The van der Waals surface area contributed by atoms with Crippen LogP contribution in [-0.2, 0) is 19.4 Å². The smallest absolute Gasteiger partial charge is 0.322 e. The first kappa shape index (κ1) is 19.7. The standard InChI is InChI=1S/C23H24N4O3/c1-3-15-4-6-16(7-5-15)21-25-20-12-13-27(14-19(20)22(28)26-21)23(29)24-17-8-10-18(30-2)11-9-17/h4-11H,3,12-14H2,1-2H3,(H,24,29)(H,25,26,28). The lowest BCUT2D eigenvalue weighted by Crippen LogP contribution is -2.41. The third-order valence-electron chi connectivity index (χ3n) is 5.33. The van der Waals surface area contributed by atoms with Gasteiger partial charge in [-0.2, -0.15) is 0 Å². The van der Waals surface area contributed by atoms with Crippen molar-refractivity contribution in [3.05, 3.63) is 75.7 Å². The van der Waals surface area contributed by atoms with Gasteiger partial charge in [0.1, 0.15) is 11.6 Å². The summed E-state index contributed by atoms with van der Waals surface area (Å²) in [4.78, 5) is 34.5. The molecule has 0 spiro atoms. The predicted molar refractivity (Wildman–Crippen MR) is 116 cm³/mol. The average Bonchev–Trinajstić information content (AvgIpc) is 2.79. The van der Waals surface area contributed by atoms with Gasteiger partial charge in [-0.05, 0) is 36.2 Å². The number of urea groups is 1. The van der Waals surface area contributed by atoms with E-state index in [4.69, 9.17) is 4.74 Å². The lowest BCUT2D eigenvalue weighted by atomic mass is 10.1. The number of H-pyrrole nitrogens is 1. The SMILES string of the molecule is CCc1ccc(-c2nc3c(c(=O)[nH]2)CN(C(=O)Nc2ccc(OC)cc2)CC3)cc1. The average molecular weight is 404 g/mol. The van der Waals surface area contributed by atoms with Crippen LogP contribution in [0, 0.1) is 0 Å². The van der Waals surface area contributed by atoms with Crippen LogP contribution in [0.3, 0.4) is 0 Å². The van der Waals surface area contributed by atoms with E-state index in [2.05, 4.69) is 22.2 Å². The van der Waals surface area contributed by atoms with Gasteiger partial charge in [-0.3, -0.25) is 4.79 Å². The Hall–Kier alpha value is -3.61. The molecule has 7 heteroatoms. The molecule has 1 aliphatic heterocycles. The van der Waals surface area contributed by atoms with Gasteiger partial charge >= 0.3 is 6.03 Å². The third kappa shape index (κ3) is 4.05. The number of nitrogens with zero attached hydrogens (tertiary/aromatic N) is 2. The highest BCUT2D eigenvalue weighted by Gasteiger charge is 2.25. The maximum absolute atomic E-state index is 12.7. The molecule has 1 aromatic heterocycles. The highest BCUT2D eigenvalue weighted by atomic mass is 16.5. The Balaban J connectivity index is 1.50. The van der Waals surface area contributed by atoms with E-state index in [1.807, 2.05) is 24.3 Å². The van der Waals surface area contributed by atoms with Crippen molar-refractivity contribution in [2.45, 2.75) is 26.3 Å². The van der Waals surface area contributed by atoms with E-state index in [9.17, 15) is 9.59 Å². The number of anilines is 1. The summed E-state index contributed by atoms with van der Waals surface area (Å²) in [5.41, 5.74) is 3.88. The molecule has 4 rings (SSSR count). The molecule has 0 unspecified atom stereocenters. The van der Waals surface area contributed by atoms with Gasteiger partial charge in [-0.15, -0.1) is 0 Å². The van der Waals surface area contributed by atoms with E-state index in [0.29, 0.717) is 30.0 Å². The van der Waals surface area contributed by atoms with Crippen LogP contribution >= 0.6 is 0 Å². The second-order valence-corrected chi connectivity index (χ2v) is 7.22. The minimum Gasteiger partial charge on any atom is -0.497 e. The first-order chi connectivity index (χ1) is 14.6. The maximum Gasteiger partial charge on any atom is 0.322 e. The number of ether oxygens (including phenoxy) is 1. The van der Waals surface area contributed by atoms with E-state index in [0.717, 1.165) is 23.4 Å². The zero-order chi connectivity index (χ0) is 21.1. The Bertz CT molecular complexity index is 1100. The van der Waals surface area contributed by atoms with E-state index < -0.39 is 0 Å². The van der Waals surface area contributed by atoms with Crippen LogP contribution in [0.4, 0.5) is 10.5 Å². The van der Waals surface area contributed by atoms with Crippen molar-refractivity contribution in [1.82, 2.24) is 14.9 Å². The van der Waals surface area contributed by atoms with E-state index in [-0.39, 0.29) is 18.1 Å². The molecular formula is C23H24N4O3. The Morgan fingerprint density at radius 2 is 1.90 bits per heavy atom. The maximum atomic E-state index is 12.7. The van der Waals surface area contributed by atoms with Crippen molar-refractivity contribution in [3.63, 3.8) is 0 Å². The highest BCUT2D eigenvalue weighted by Crippen LogP contribution is 2.21. The molecule has 0 fully saturated rings. The summed E-state index contributed by atoms with van der Waals surface area (Å²) in [6.07, 6.45) is 1.50. The number of aryl methyl sites for hydroxylation is 1. The fourth-order valence-corrected chi connectivity index (χ4v) is 3.51. The molecule has 0 aliphatic carbocycles. The number of hydrogen-bond acceptors (Lipinski definition) is 4. The second-order valence-electron chi connectivity index (χ2n) is 7.22. The molecule has 2 heterocycles. The van der Waals surface area contributed by atoms with E-state index in [1.165, 1.54) is 5.56 Å². The summed E-state index contributed by atoms with van der Waals surface area (Å²) in [6, 6.07) is 14.9. The number of carbonyl (C=O) groups is 1. The summed E-state index contributed by atoms with van der Waals surface area (Å²) in [5, 5.41) is 2.86. The first-order valence-corrected chi connectivity index (χ1v) is 9.98. The molecule has 0 atom stereocenters.